The highest BCUT2D eigenvalue weighted by Gasteiger charge is 2.09. The topological polar surface area (TPSA) is 38.7 Å². The van der Waals surface area contributed by atoms with Crippen molar-refractivity contribution in [3.05, 3.63) is 52.0 Å². The van der Waals surface area contributed by atoms with Gasteiger partial charge in [0.25, 0.3) is 0 Å². The average molecular weight is 341 g/mol. The number of halogens is 2. The Morgan fingerprint density at radius 3 is 2.14 bits per heavy atom. The number of ether oxygens (including phenoxy) is 2. The van der Waals surface area contributed by atoms with E-state index in [0.29, 0.717) is 35.4 Å². The highest BCUT2D eigenvalue weighted by Crippen LogP contribution is 2.36. The van der Waals surface area contributed by atoms with E-state index in [2.05, 4.69) is 19.1 Å². The van der Waals surface area contributed by atoms with Crippen LogP contribution in [0.4, 0.5) is 0 Å². The summed E-state index contributed by atoms with van der Waals surface area (Å²) in [5.74, 6) is 1.24. The molecule has 22 heavy (non-hydrogen) atoms. The van der Waals surface area contributed by atoms with Crippen molar-refractivity contribution in [2.24, 2.45) is 0 Å². The SMILES string of the molecule is CCc1ccc(OCCCOc2c(Cl)cc(O)cc2Cl)cc1. The molecular formula is C17H18Cl2O3. The molecule has 0 saturated heterocycles. The van der Waals surface area contributed by atoms with Gasteiger partial charge in [0, 0.05) is 18.6 Å². The molecule has 0 aliphatic carbocycles. The second kappa shape index (κ2) is 8.16. The van der Waals surface area contributed by atoms with Crippen LogP contribution in [-0.4, -0.2) is 18.3 Å². The molecule has 0 radical (unpaired) electrons. The quantitative estimate of drug-likeness (QED) is 0.711. The van der Waals surface area contributed by atoms with Gasteiger partial charge in [0.15, 0.2) is 5.75 Å². The summed E-state index contributed by atoms with van der Waals surface area (Å²) >= 11 is 11.9. The standard InChI is InChI=1S/C17H18Cl2O3/c1-2-12-4-6-14(7-5-12)21-8-3-9-22-17-15(18)10-13(20)11-16(17)19/h4-7,10-11,20H,2-3,8-9H2,1H3. The zero-order chi connectivity index (χ0) is 15.9. The fraction of sp³-hybridized carbons (Fsp3) is 0.294. The number of benzene rings is 2. The van der Waals surface area contributed by atoms with E-state index < -0.39 is 0 Å². The molecule has 0 unspecified atom stereocenters. The van der Waals surface area contributed by atoms with Crippen LogP contribution in [-0.2, 0) is 6.42 Å². The van der Waals surface area contributed by atoms with Crippen LogP contribution in [0.1, 0.15) is 18.9 Å². The number of phenolic OH excluding ortho intramolecular Hbond substituents is 1. The van der Waals surface area contributed by atoms with Gasteiger partial charge in [-0.05, 0) is 24.1 Å². The average Bonchev–Trinajstić information content (AvgIpc) is 2.49. The van der Waals surface area contributed by atoms with Crippen molar-refractivity contribution in [3.63, 3.8) is 0 Å². The van der Waals surface area contributed by atoms with E-state index in [-0.39, 0.29) is 5.75 Å². The van der Waals surface area contributed by atoms with Gasteiger partial charge in [0.2, 0.25) is 0 Å². The Morgan fingerprint density at radius 1 is 0.955 bits per heavy atom. The second-order valence-electron chi connectivity index (χ2n) is 4.79. The molecule has 0 aromatic heterocycles. The third kappa shape index (κ3) is 4.72. The maximum absolute atomic E-state index is 9.35. The van der Waals surface area contributed by atoms with Gasteiger partial charge in [-0.2, -0.15) is 0 Å². The predicted octanol–water partition coefficient (Wildman–Crippen LogP) is 5.11. The van der Waals surface area contributed by atoms with Crippen LogP contribution in [0.3, 0.4) is 0 Å². The van der Waals surface area contributed by atoms with Crippen molar-refractivity contribution in [1.82, 2.24) is 0 Å². The molecule has 0 bridgehead atoms. The van der Waals surface area contributed by atoms with E-state index in [1.807, 2.05) is 12.1 Å². The van der Waals surface area contributed by atoms with Crippen molar-refractivity contribution in [2.75, 3.05) is 13.2 Å². The number of hydrogen-bond acceptors (Lipinski definition) is 3. The van der Waals surface area contributed by atoms with Gasteiger partial charge in [-0.1, -0.05) is 42.3 Å². The highest BCUT2D eigenvalue weighted by atomic mass is 35.5. The molecule has 0 fully saturated rings. The van der Waals surface area contributed by atoms with Gasteiger partial charge in [-0.15, -0.1) is 0 Å². The lowest BCUT2D eigenvalue weighted by Crippen LogP contribution is -2.05. The molecular weight excluding hydrogens is 323 g/mol. The first-order chi connectivity index (χ1) is 10.6. The van der Waals surface area contributed by atoms with Crippen LogP contribution < -0.4 is 9.47 Å². The normalized spacial score (nSPS) is 10.5. The summed E-state index contributed by atoms with van der Waals surface area (Å²) in [6, 6.07) is 10.8. The largest absolute Gasteiger partial charge is 0.508 e. The maximum Gasteiger partial charge on any atom is 0.156 e. The lowest BCUT2D eigenvalue weighted by molar-refractivity contribution is 0.247. The van der Waals surface area contributed by atoms with E-state index in [9.17, 15) is 5.11 Å². The summed E-state index contributed by atoms with van der Waals surface area (Å²) in [7, 11) is 0. The molecule has 0 atom stereocenters. The number of phenols is 1. The number of rotatable bonds is 7. The summed E-state index contributed by atoms with van der Waals surface area (Å²) in [6.45, 7) is 3.09. The number of aryl methyl sites for hydroxylation is 1. The van der Waals surface area contributed by atoms with Crippen molar-refractivity contribution >= 4 is 23.2 Å². The Balaban J connectivity index is 1.75. The third-order valence-corrected chi connectivity index (χ3v) is 3.68. The molecule has 0 heterocycles. The van der Waals surface area contributed by atoms with Gasteiger partial charge in [0.05, 0.1) is 23.3 Å². The summed E-state index contributed by atoms with van der Waals surface area (Å²) in [5, 5.41) is 9.93. The lowest BCUT2D eigenvalue weighted by atomic mass is 10.2. The first kappa shape index (κ1) is 16.8. The molecule has 0 spiro atoms. The first-order valence-electron chi connectivity index (χ1n) is 7.12. The smallest absolute Gasteiger partial charge is 0.156 e. The highest BCUT2D eigenvalue weighted by molar-refractivity contribution is 6.37. The van der Waals surface area contributed by atoms with E-state index in [0.717, 1.165) is 12.2 Å². The van der Waals surface area contributed by atoms with Crippen LogP contribution in [0, 0.1) is 0 Å². The first-order valence-corrected chi connectivity index (χ1v) is 7.88. The molecule has 0 amide bonds. The van der Waals surface area contributed by atoms with Crippen LogP contribution in [0.5, 0.6) is 17.2 Å². The Morgan fingerprint density at radius 2 is 1.55 bits per heavy atom. The van der Waals surface area contributed by atoms with E-state index in [4.69, 9.17) is 32.7 Å². The van der Waals surface area contributed by atoms with Crippen LogP contribution in [0.2, 0.25) is 10.0 Å². The maximum atomic E-state index is 9.35. The van der Waals surface area contributed by atoms with Crippen LogP contribution in [0.25, 0.3) is 0 Å². The lowest BCUT2D eigenvalue weighted by Gasteiger charge is -2.11. The zero-order valence-corrected chi connectivity index (χ0v) is 13.8. The molecule has 2 rings (SSSR count). The Labute approximate surface area is 140 Å². The molecule has 1 N–H and O–H groups in total. The Bertz CT molecular complexity index is 589. The predicted molar refractivity (Wildman–Crippen MR) is 89.6 cm³/mol. The van der Waals surface area contributed by atoms with Crippen molar-refractivity contribution in [2.45, 2.75) is 19.8 Å². The minimum absolute atomic E-state index is 0.0150. The van der Waals surface area contributed by atoms with Crippen molar-refractivity contribution in [3.8, 4) is 17.2 Å². The fourth-order valence-corrected chi connectivity index (χ4v) is 2.51. The summed E-state index contributed by atoms with van der Waals surface area (Å²) in [4.78, 5) is 0. The van der Waals surface area contributed by atoms with Gasteiger partial charge < -0.3 is 14.6 Å². The molecule has 2 aromatic rings. The van der Waals surface area contributed by atoms with Crippen LogP contribution in [0.15, 0.2) is 36.4 Å². The zero-order valence-electron chi connectivity index (χ0n) is 12.3. The van der Waals surface area contributed by atoms with Crippen LogP contribution >= 0.6 is 23.2 Å². The van der Waals surface area contributed by atoms with Gasteiger partial charge in [-0.25, -0.2) is 0 Å². The molecule has 0 aliphatic heterocycles. The van der Waals surface area contributed by atoms with Gasteiger partial charge >= 0.3 is 0 Å². The molecule has 0 aliphatic rings. The van der Waals surface area contributed by atoms with Gasteiger partial charge in [-0.3, -0.25) is 0 Å². The summed E-state index contributed by atoms with van der Waals surface area (Å²) < 4.78 is 11.2. The molecule has 2 aromatic carbocycles. The minimum Gasteiger partial charge on any atom is -0.508 e. The van der Waals surface area contributed by atoms with E-state index in [1.165, 1.54) is 17.7 Å². The molecule has 0 saturated carbocycles. The molecule has 5 heteroatoms. The summed E-state index contributed by atoms with van der Waals surface area (Å²) in [5.41, 5.74) is 1.28. The molecule has 118 valence electrons. The van der Waals surface area contributed by atoms with Crippen molar-refractivity contribution in [1.29, 1.82) is 0 Å². The summed E-state index contributed by atoms with van der Waals surface area (Å²) in [6.07, 6.45) is 1.71. The van der Waals surface area contributed by atoms with E-state index >= 15 is 0 Å². The van der Waals surface area contributed by atoms with E-state index in [1.54, 1.807) is 0 Å². The van der Waals surface area contributed by atoms with Crippen molar-refractivity contribution < 1.29 is 14.6 Å². The molecule has 3 nitrogen and oxygen atoms in total. The Hall–Kier alpha value is -1.58. The second-order valence-corrected chi connectivity index (χ2v) is 5.60. The minimum atomic E-state index is 0.0150. The fourth-order valence-electron chi connectivity index (χ4n) is 1.93. The monoisotopic (exact) mass is 340 g/mol. The number of hydrogen-bond donors (Lipinski definition) is 1. The van der Waals surface area contributed by atoms with Gasteiger partial charge in [0.1, 0.15) is 11.5 Å². The number of aromatic hydroxyl groups is 1. The Kier molecular flexibility index (Phi) is 6.22. The third-order valence-electron chi connectivity index (χ3n) is 3.12.